The van der Waals surface area contributed by atoms with E-state index in [4.69, 9.17) is 5.11 Å². The molecule has 3 N–H and O–H groups in total. The summed E-state index contributed by atoms with van der Waals surface area (Å²) in [6.45, 7) is 2.07. The molecule has 0 radical (unpaired) electrons. The van der Waals surface area contributed by atoms with E-state index in [1.54, 1.807) is 0 Å². The molecule has 0 saturated heterocycles. The highest BCUT2D eigenvalue weighted by molar-refractivity contribution is 7.99. The van der Waals surface area contributed by atoms with Gasteiger partial charge in [-0.15, -0.1) is 0 Å². The molecule has 0 rings (SSSR count). The lowest BCUT2D eigenvalue weighted by Gasteiger charge is -2.11. The molecular formula is C19H40O3S. The predicted octanol–water partition coefficient (Wildman–Crippen LogP) is 4.52. The van der Waals surface area contributed by atoms with Crippen LogP contribution in [0.4, 0.5) is 0 Å². The van der Waals surface area contributed by atoms with Gasteiger partial charge < -0.3 is 15.3 Å². The van der Waals surface area contributed by atoms with Crippen molar-refractivity contribution in [3.05, 3.63) is 0 Å². The van der Waals surface area contributed by atoms with Crippen molar-refractivity contribution < 1.29 is 15.3 Å². The highest BCUT2D eigenvalue weighted by atomic mass is 32.2. The molecule has 0 bridgehead atoms. The second kappa shape index (κ2) is 18.6. The summed E-state index contributed by atoms with van der Waals surface area (Å²) in [6.07, 6.45) is 16.0. The third-order valence-corrected chi connectivity index (χ3v) is 5.46. The zero-order valence-electron chi connectivity index (χ0n) is 15.2. The Balaban J connectivity index is 3.14. The van der Waals surface area contributed by atoms with E-state index in [1.165, 1.54) is 82.4 Å². The van der Waals surface area contributed by atoms with Gasteiger partial charge in [0.1, 0.15) is 0 Å². The second-order valence-electron chi connectivity index (χ2n) is 6.71. The zero-order valence-corrected chi connectivity index (χ0v) is 16.0. The first-order chi connectivity index (χ1) is 11.2. The van der Waals surface area contributed by atoms with Gasteiger partial charge in [0.2, 0.25) is 0 Å². The Morgan fingerprint density at radius 3 is 1.57 bits per heavy atom. The molecule has 0 saturated carbocycles. The maximum absolute atomic E-state index is 9.83. The van der Waals surface area contributed by atoms with Crippen molar-refractivity contribution in [2.75, 3.05) is 18.1 Å². The lowest BCUT2D eigenvalue weighted by atomic mass is 10.0. The first kappa shape index (κ1) is 23.2. The molecule has 0 spiro atoms. The molecule has 4 heteroatoms. The summed E-state index contributed by atoms with van der Waals surface area (Å²) >= 11 is 1.52. The molecule has 0 aliphatic heterocycles. The van der Waals surface area contributed by atoms with E-state index < -0.39 is 6.10 Å². The van der Waals surface area contributed by atoms with E-state index in [0.29, 0.717) is 11.5 Å². The van der Waals surface area contributed by atoms with Crippen LogP contribution in [0.2, 0.25) is 0 Å². The van der Waals surface area contributed by atoms with Crippen LogP contribution in [-0.2, 0) is 0 Å². The summed E-state index contributed by atoms with van der Waals surface area (Å²) in [5.41, 5.74) is 0. The Morgan fingerprint density at radius 1 is 0.652 bits per heavy atom. The maximum Gasteiger partial charge on any atom is 0.0861 e. The smallest absolute Gasteiger partial charge is 0.0861 e. The van der Waals surface area contributed by atoms with Gasteiger partial charge >= 0.3 is 0 Å². The molecular weight excluding hydrogens is 308 g/mol. The molecule has 23 heavy (non-hydrogen) atoms. The van der Waals surface area contributed by atoms with Crippen LogP contribution in [0.5, 0.6) is 0 Å². The summed E-state index contributed by atoms with van der Waals surface area (Å²) in [7, 11) is 0. The third kappa shape index (κ3) is 18.4. The molecule has 3 nitrogen and oxygen atoms in total. The molecule has 0 heterocycles. The Labute approximate surface area is 148 Å². The van der Waals surface area contributed by atoms with Crippen LogP contribution in [0, 0.1) is 0 Å². The van der Waals surface area contributed by atoms with Crippen molar-refractivity contribution in [2.45, 2.75) is 103 Å². The topological polar surface area (TPSA) is 60.7 Å². The number of rotatable bonds is 18. The van der Waals surface area contributed by atoms with Crippen molar-refractivity contribution in [2.24, 2.45) is 0 Å². The standard InChI is InChI=1S/C19H40O3S/c1-2-3-4-5-6-7-8-9-10-11-12-13-14-18(21)16-23-17-19(22)15-20/h18-22H,2-17H2,1H3/t18-,19+/m0/s1. The van der Waals surface area contributed by atoms with Crippen LogP contribution < -0.4 is 0 Å². The van der Waals surface area contributed by atoms with Crippen molar-refractivity contribution in [3.63, 3.8) is 0 Å². The van der Waals surface area contributed by atoms with Gasteiger partial charge in [-0.3, -0.25) is 0 Å². The van der Waals surface area contributed by atoms with E-state index in [2.05, 4.69) is 6.92 Å². The highest BCUT2D eigenvalue weighted by Gasteiger charge is 2.07. The van der Waals surface area contributed by atoms with Crippen molar-refractivity contribution in [1.29, 1.82) is 0 Å². The van der Waals surface area contributed by atoms with Crippen molar-refractivity contribution in [1.82, 2.24) is 0 Å². The summed E-state index contributed by atoms with van der Waals surface area (Å²) in [4.78, 5) is 0. The minimum Gasteiger partial charge on any atom is -0.394 e. The summed E-state index contributed by atoms with van der Waals surface area (Å²) in [5, 5.41) is 27.7. The van der Waals surface area contributed by atoms with Crippen LogP contribution in [0.3, 0.4) is 0 Å². The van der Waals surface area contributed by atoms with Crippen LogP contribution in [0.15, 0.2) is 0 Å². The zero-order chi connectivity index (χ0) is 17.2. The van der Waals surface area contributed by atoms with Gasteiger partial charge in [0, 0.05) is 11.5 Å². The number of hydrogen-bond donors (Lipinski definition) is 3. The third-order valence-electron chi connectivity index (χ3n) is 4.22. The fraction of sp³-hybridized carbons (Fsp3) is 1.00. The van der Waals surface area contributed by atoms with Gasteiger partial charge in [-0.05, 0) is 6.42 Å². The first-order valence-electron chi connectivity index (χ1n) is 9.75. The largest absolute Gasteiger partial charge is 0.394 e. The maximum atomic E-state index is 9.83. The molecule has 0 amide bonds. The average Bonchev–Trinajstić information content (AvgIpc) is 2.55. The number of unbranched alkanes of at least 4 members (excludes halogenated alkanes) is 11. The highest BCUT2D eigenvalue weighted by Crippen LogP contribution is 2.14. The molecule has 0 aromatic rings. The fourth-order valence-electron chi connectivity index (χ4n) is 2.70. The molecule has 0 aliphatic carbocycles. The Kier molecular flexibility index (Phi) is 18.8. The predicted molar refractivity (Wildman–Crippen MR) is 102 cm³/mol. The van der Waals surface area contributed by atoms with Crippen molar-refractivity contribution >= 4 is 11.8 Å². The van der Waals surface area contributed by atoms with Crippen LogP contribution >= 0.6 is 11.8 Å². The van der Waals surface area contributed by atoms with Crippen LogP contribution in [-0.4, -0.2) is 45.6 Å². The lowest BCUT2D eigenvalue weighted by molar-refractivity contribution is 0.113. The van der Waals surface area contributed by atoms with Gasteiger partial charge in [-0.1, -0.05) is 84.0 Å². The summed E-state index contributed by atoms with van der Waals surface area (Å²) in [5.74, 6) is 1.17. The minimum atomic E-state index is -0.654. The van der Waals surface area contributed by atoms with Crippen LogP contribution in [0.25, 0.3) is 0 Å². The molecule has 0 fully saturated rings. The summed E-state index contributed by atoms with van der Waals surface area (Å²) in [6, 6.07) is 0. The molecule has 0 aromatic carbocycles. The quantitative estimate of drug-likeness (QED) is 0.319. The molecule has 2 atom stereocenters. The molecule has 0 unspecified atom stereocenters. The molecule has 140 valence electrons. The summed E-state index contributed by atoms with van der Waals surface area (Å²) < 4.78 is 0. The SMILES string of the molecule is CCCCCCCCCCCCCC[C@H](O)CSC[C@H](O)CO. The van der Waals surface area contributed by atoms with Gasteiger partial charge in [0.25, 0.3) is 0 Å². The number of thioether (sulfide) groups is 1. The van der Waals surface area contributed by atoms with Gasteiger partial charge in [-0.25, -0.2) is 0 Å². The van der Waals surface area contributed by atoms with Gasteiger partial charge in [-0.2, -0.15) is 11.8 Å². The number of hydrogen-bond acceptors (Lipinski definition) is 4. The number of aliphatic hydroxyl groups is 3. The van der Waals surface area contributed by atoms with Crippen LogP contribution in [0.1, 0.15) is 90.4 Å². The second-order valence-corrected chi connectivity index (χ2v) is 7.78. The minimum absolute atomic E-state index is 0.193. The Morgan fingerprint density at radius 2 is 1.09 bits per heavy atom. The number of aliphatic hydroxyl groups excluding tert-OH is 3. The normalized spacial score (nSPS) is 14.1. The molecule has 0 aliphatic rings. The van der Waals surface area contributed by atoms with E-state index in [0.717, 1.165) is 12.8 Å². The monoisotopic (exact) mass is 348 g/mol. The van der Waals surface area contributed by atoms with Gasteiger partial charge in [0.15, 0.2) is 0 Å². The van der Waals surface area contributed by atoms with Crippen molar-refractivity contribution in [3.8, 4) is 0 Å². The van der Waals surface area contributed by atoms with E-state index >= 15 is 0 Å². The Hall–Kier alpha value is 0.230. The lowest BCUT2D eigenvalue weighted by Crippen LogP contribution is -2.17. The van der Waals surface area contributed by atoms with E-state index in [-0.39, 0.29) is 12.7 Å². The van der Waals surface area contributed by atoms with E-state index in [9.17, 15) is 10.2 Å². The van der Waals surface area contributed by atoms with E-state index in [1.807, 2.05) is 0 Å². The molecule has 0 aromatic heterocycles. The fourth-order valence-corrected chi connectivity index (χ4v) is 3.65. The Bertz CT molecular complexity index is 227. The average molecular weight is 349 g/mol. The van der Waals surface area contributed by atoms with Gasteiger partial charge in [0.05, 0.1) is 18.8 Å². The first-order valence-corrected chi connectivity index (χ1v) is 10.9.